The van der Waals surface area contributed by atoms with E-state index < -0.39 is 32.9 Å². The molecule has 0 aliphatic heterocycles. The molecule has 124 valence electrons. The smallest absolute Gasteiger partial charge is 0.327 e. The molecule has 9 heteroatoms. The van der Waals surface area contributed by atoms with Crippen LogP contribution in [0.5, 0.6) is 0 Å². The van der Waals surface area contributed by atoms with Crippen LogP contribution < -0.4 is 4.72 Å². The number of nitriles is 1. The zero-order valence-corrected chi connectivity index (χ0v) is 13.1. The van der Waals surface area contributed by atoms with Gasteiger partial charge in [-0.05, 0) is 37.0 Å². The predicted molar refractivity (Wildman–Crippen MR) is 76.0 cm³/mol. The molecule has 7 nitrogen and oxygen atoms in total. The molecule has 0 unspecified atom stereocenters. The lowest BCUT2D eigenvalue weighted by Gasteiger charge is -2.44. The van der Waals surface area contributed by atoms with Gasteiger partial charge < -0.3 is 9.84 Å². The van der Waals surface area contributed by atoms with Crippen molar-refractivity contribution in [2.45, 2.75) is 23.3 Å². The number of esters is 1. The highest BCUT2D eigenvalue weighted by Gasteiger charge is 2.53. The Kier molecular flexibility index (Phi) is 4.70. The SMILES string of the molecule is COC(=O)C1(NS(=O)(=O)c2ccc(F)c(C#N)c2)CC(CO)C1. The molecule has 1 saturated carbocycles. The van der Waals surface area contributed by atoms with Gasteiger partial charge in [0.15, 0.2) is 0 Å². The number of ether oxygens (including phenoxy) is 1. The Labute approximate surface area is 132 Å². The Morgan fingerprint density at radius 3 is 2.74 bits per heavy atom. The maximum atomic E-state index is 13.3. The van der Waals surface area contributed by atoms with Gasteiger partial charge in [0.05, 0.1) is 17.6 Å². The number of hydrogen-bond donors (Lipinski definition) is 2. The second-order valence-electron chi connectivity index (χ2n) is 5.39. The van der Waals surface area contributed by atoms with E-state index in [0.29, 0.717) is 0 Å². The number of aliphatic hydroxyl groups is 1. The number of carbonyl (C=O) groups excluding carboxylic acids is 1. The van der Waals surface area contributed by atoms with E-state index >= 15 is 0 Å². The van der Waals surface area contributed by atoms with Gasteiger partial charge in [-0.25, -0.2) is 12.8 Å². The van der Waals surface area contributed by atoms with Crippen LogP contribution in [0.15, 0.2) is 23.1 Å². The van der Waals surface area contributed by atoms with Crippen molar-refractivity contribution in [2.75, 3.05) is 13.7 Å². The number of sulfonamides is 1. The second-order valence-corrected chi connectivity index (χ2v) is 7.07. The third kappa shape index (κ3) is 3.19. The van der Waals surface area contributed by atoms with Gasteiger partial charge in [0.2, 0.25) is 10.0 Å². The highest BCUT2D eigenvalue weighted by Crippen LogP contribution is 2.39. The molecule has 2 rings (SSSR count). The second kappa shape index (κ2) is 6.23. The zero-order chi connectivity index (χ0) is 17.3. The Bertz CT molecular complexity index is 766. The Hall–Kier alpha value is -2.02. The molecular weight excluding hydrogens is 327 g/mol. The summed E-state index contributed by atoms with van der Waals surface area (Å²) in [5.74, 6) is -1.80. The number of nitrogens with one attached hydrogen (secondary N) is 1. The average Bonchev–Trinajstić information content (AvgIpc) is 2.49. The van der Waals surface area contributed by atoms with Crippen LogP contribution in [0.3, 0.4) is 0 Å². The number of methoxy groups -OCH3 is 1. The molecule has 1 aliphatic carbocycles. The van der Waals surface area contributed by atoms with E-state index in [2.05, 4.69) is 9.46 Å². The quantitative estimate of drug-likeness (QED) is 0.743. The van der Waals surface area contributed by atoms with Crippen LogP contribution in [-0.2, 0) is 19.6 Å². The first-order valence-corrected chi connectivity index (χ1v) is 8.19. The summed E-state index contributed by atoms with van der Waals surface area (Å²) in [4.78, 5) is 11.6. The Balaban J connectivity index is 2.33. The molecule has 0 atom stereocenters. The molecule has 0 bridgehead atoms. The van der Waals surface area contributed by atoms with Gasteiger partial charge in [0, 0.05) is 6.61 Å². The highest BCUT2D eigenvalue weighted by molar-refractivity contribution is 7.89. The summed E-state index contributed by atoms with van der Waals surface area (Å²) >= 11 is 0. The highest BCUT2D eigenvalue weighted by atomic mass is 32.2. The predicted octanol–water partition coefficient (Wildman–Crippen LogP) is 0.290. The van der Waals surface area contributed by atoms with E-state index in [-0.39, 0.29) is 30.3 Å². The summed E-state index contributed by atoms with van der Waals surface area (Å²) in [6.07, 6.45) is 0.198. The van der Waals surface area contributed by atoms with Crippen molar-refractivity contribution in [1.29, 1.82) is 5.26 Å². The molecule has 0 amide bonds. The van der Waals surface area contributed by atoms with Crippen LogP contribution in [0.1, 0.15) is 18.4 Å². The third-order valence-corrected chi connectivity index (χ3v) is 5.34. The van der Waals surface area contributed by atoms with Crippen molar-refractivity contribution in [3.05, 3.63) is 29.6 Å². The van der Waals surface area contributed by atoms with Crippen LogP contribution in [-0.4, -0.2) is 38.7 Å². The Morgan fingerprint density at radius 1 is 1.57 bits per heavy atom. The first-order valence-electron chi connectivity index (χ1n) is 6.71. The van der Waals surface area contributed by atoms with Crippen LogP contribution in [0, 0.1) is 23.1 Å². The first-order chi connectivity index (χ1) is 10.8. The van der Waals surface area contributed by atoms with Gasteiger partial charge in [-0.15, -0.1) is 0 Å². The van der Waals surface area contributed by atoms with Gasteiger partial charge in [-0.1, -0.05) is 0 Å². The molecule has 2 N–H and O–H groups in total. The minimum absolute atomic E-state index is 0.0989. The fourth-order valence-corrected chi connectivity index (χ4v) is 4.02. The normalized spacial score (nSPS) is 23.7. The van der Waals surface area contributed by atoms with Crippen LogP contribution in [0.4, 0.5) is 4.39 Å². The summed E-state index contributed by atoms with van der Waals surface area (Å²) in [5, 5.41) is 17.9. The minimum atomic E-state index is -4.17. The molecule has 0 radical (unpaired) electrons. The topological polar surface area (TPSA) is 116 Å². The summed E-state index contributed by atoms with van der Waals surface area (Å²) in [5.41, 5.74) is -1.87. The largest absolute Gasteiger partial charge is 0.468 e. The Morgan fingerprint density at radius 2 is 2.22 bits per heavy atom. The van der Waals surface area contributed by atoms with Gasteiger partial charge in [-0.3, -0.25) is 4.79 Å². The lowest BCUT2D eigenvalue weighted by atomic mass is 9.69. The number of aliphatic hydroxyl groups excluding tert-OH is 1. The van der Waals surface area contributed by atoms with E-state index in [1.165, 1.54) is 0 Å². The van der Waals surface area contributed by atoms with Crippen LogP contribution >= 0.6 is 0 Å². The van der Waals surface area contributed by atoms with Crippen molar-refractivity contribution in [3.8, 4) is 6.07 Å². The van der Waals surface area contributed by atoms with Crippen molar-refractivity contribution in [3.63, 3.8) is 0 Å². The number of nitrogens with zero attached hydrogens (tertiary/aromatic N) is 1. The molecule has 0 saturated heterocycles. The number of halogens is 1. The van der Waals surface area contributed by atoms with Crippen LogP contribution in [0.25, 0.3) is 0 Å². The lowest BCUT2D eigenvalue weighted by molar-refractivity contribution is -0.154. The number of hydrogen-bond acceptors (Lipinski definition) is 6. The maximum Gasteiger partial charge on any atom is 0.327 e. The summed E-state index contributed by atoms with van der Waals surface area (Å²) in [7, 11) is -3.03. The summed E-state index contributed by atoms with van der Waals surface area (Å²) < 4.78 is 45.1. The van der Waals surface area contributed by atoms with E-state index in [4.69, 9.17) is 10.4 Å². The summed E-state index contributed by atoms with van der Waals surface area (Å²) in [6, 6.07) is 4.33. The van der Waals surface area contributed by atoms with Crippen molar-refractivity contribution in [2.24, 2.45) is 5.92 Å². The number of rotatable bonds is 5. The molecule has 1 aromatic rings. The first kappa shape index (κ1) is 17.3. The fourth-order valence-electron chi connectivity index (χ4n) is 2.62. The molecular formula is C14H15FN2O5S. The van der Waals surface area contributed by atoms with E-state index in [1.807, 2.05) is 0 Å². The van der Waals surface area contributed by atoms with Gasteiger partial charge in [-0.2, -0.15) is 9.98 Å². The van der Waals surface area contributed by atoms with Gasteiger partial charge >= 0.3 is 5.97 Å². The van der Waals surface area contributed by atoms with Crippen molar-refractivity contribution < 1.29 is 27.4 Å². The fraction of sp³-hybridized carbons (Fsp3) is 0.429. The minimum Gasteiger partial charge on any atom is -0.468 e. The van der Waals surface area contributed by atoms with E-state index in [1.54, 1.807) is 6.07 Å². The maximum absolute atomic E-state index is 13.3. The average molecular weight is 342 g/mol. The molecule has 0 heterocycles. The van der Waals surface area contributed by atoms with E-state index in [9.17, 15) is 17.6 Å². The molecule has 1 fully saturated rings. The monoisotopic (exact) mass is 342 g/mol. The van der Waals surface area contributed by atoms with Gasteiger partial charge in [0.1, 0.15) is 17.4 Å². The molecule has 0 aromatic heterocycles. The molecule has 0 spiro atoms. The van der Waals surface area contributed by atoms with Gasteiger partial charge in [0.25, 0.3) is 0 Å². The van der Waals surface area contributed by atoms with Crippen molar-refractivity contribution >= 4 is 16.0 Å². The van der Waals surface area contributed by atoms with Crippen molar-refractivity contribution in [1.82, 2.24) is 4.72 Å². The lowest BCUT2D eigenvalue weighted by Crippen LogP contribution is -2.63. The third-order valence-electron chi connectivity index (χ3n) is 3.81. The molecule has 1 aromatic carbocycles. The standard InChI is InChI=1S/C14H15FN2O5S/c1-22-13(19)14(5-9(6-14)8-18)17-23(20,21)11-2-3-12(15)10(4-11)7-16/h2-4,9,17-18H,5-6,8H2,1H3. The molecule has 1 aliphatic rings. The summed E-state index contributed by atoms with van der Waals surface area (Å²) in [6.45, 7) is -0.171. The zero-order valence-electron chi connectivity index (χ0n) is 12.2. The molecule has 23 heavy (non-hydrogen) atoms. The number of carbonyl (C=O) groups is 1. The van der Waals surface area contributed by atoms with Crippen LogP contribution in [0.2, 0.25) is 0 Å². The number of benzene rings is 1. The van der Waals surface area contributed by atoms with E-state index in [0.717, 1.165) is 25.3 Å².